The van der Waals surface area contributed by atoms with Crippen molar-refractivity contribution in [3.05, 3.63) is 94.5 Å². The minimum Gasteiger partial charge on any atom is -0.492 e. The quantitative estimate of drug-likeness (QED) is 0.109. The molecule has 9 heteroatoms. The molecular weight excluding hydrogens is 584 g/mol. The highest BCUT2D eigenvalue weighted by Gasteiger charge is 2.32. The van der Waals surface area contributed by atoms with Crippen LogP contribution < -0.4 is 9.64 Å². The van der Waals surface area contributed by atoms with E-state index in [-0.39, 0.29) is 17.4 Å². The number of ether oxygens (including phenoxy) is 4. The number of hydrogen-bond acceptors (Lipinski definition) is 9. The molecule has 4 rings (SSSR count). The molecule has 1 atom stereocenters. The molecule has 0 unspecified atom stereocenters. The fourth-order valence-corrected chi connectivity index (χ4v) is 5.60. The van der Waals surface area contributed by atoms with Crippen molar-refractivity contribution in [3.8, 4) is 5.75 Å². The first-order chi connectivity index (χ1) is 22.2. The number of fused-ring (bicyclic) bond motifs is 1. The van der Waals surface area contributed by atoms with Gasteiger partial charge in [0.15, 0.2) is 6.10 Å². The summed E-state index contributed by atoms with van der Waals surface area (Å²) in [5.74, 6) is 0.0846. The molecule has 0 bridgehead atoms. The van der Waals surface area contributed by atoms with Gasteiger partial charge in [0.2, 0.25) is 0 Å². The molecule has 0 radical (unpaired) electrons. The van der Waals surface area contributed by atoms with Crippen LogP contribution in [0, 0.1) is 0 Å². The third-order valence-corrected chi connectivity index (χ3v) is 8.09. The van der Waals surface area contributed by atoms with Gasteiger partial charge in [-0.15, -0.1) is 0 Å². The molecule has 9 nitrogen and oxygen atoms in total. The maximum absolute atomic E-state index is 12.2. The van der Waals surface area contributed by atoms with Crippen LogP contribution in [0.5, 0.6) is 5.75 Å². The molecule has 0 N–H and O–H groups in total. The molecule has 0 amide bonds. The van der Waals surface area contributed by atoms with E-state index in [1.807, 2.05) is 43.3 Å². The van der Waals surface area contributed by atoms with Crippen LogP contribution in [0.15, 0.2) is 71.9 Å². The molecular formula is C37H46N2O7. The second-order valence-electron chi connectivity index (χ2n) is 11.7. The Morgan fingerprint density at radius 1 is 0.870 bits per heavy atom. The van der Waals surface area contributed by atoms with Crippen LogP contribution in [-0.2, 0) is 35.7 Å². The van der Waals surface area contributed by atoms with Gasteiger partial charge in [-0.2, -0.15) is 0 Å². The number of benzene rings is 3. The van der Waals surface area contributed by atoms with Gasteiger partial charge in [-0.1, -0.05) is 49.3 Å². The summed E-state index contributed by atoms with van der Waals surface area (Å²) >= 11 is 0. The van der Waals surface area contributed by atoms with E-state index in [0.29, 0.717) is 44.1 Å². The van der Waals surface area contributed by atoms with Crippen molar-refractivity contribution in [2.75, 3.05) is 51.5 Å². The van der Waals surface area contributed by atoms with E-state index >= 15 is 0 Å². The predicted octanol–water partition coefficient (Wildman–Crippen LogP) is 6.34. The van der Waals surface area contributed by atoms with Crippen molar-refractivity contribution >= 4 is 23.3 Å². The fourth-order valence-electron chi connectivity index (χ4n) is 5.60. The van der Waals surface area contributed by atoms with Gasteiger partial charge in [-0.05, 0) is 80.1 Å². The van der Waals surface area contributed by atoms with E-state index < -0.39 is 6.10 Å². The van der Waals surface area contributed by atoms with Crippen molar-refractivity contribution in [1.29, 1.82) is 0 Å². The Morgan fingerprint density at radius 3 is 2.20 bits per heavy atom. The van der Waals surface area contributed by atoms with Crippen LogP contribution in [-0.4, -0.2) is 70.4 Å². The SMILES string of the molecule is CCOC(=O)c1ccc(/C(=N\OC)c2ccc3c(c2)C(C)(C)CCN3CCOc2ccc(C[C@H](OCC)C(=O)OCC)cc2)cc1. The van der Waals surface area contributed by atoms with Crippen molar-refractivity contribution in [1.82, 2.24) is 0 Å². The summed E-state index contributed by atoms with van der Waals surface area (Å²) < 4.78 is 22.0. The maximum Gasteiger partial charge on any atom is 0.338 e. The van der Waals surface area contributed by atoms with Crippen LogP contribution in [0.3, 0.4) is 0 Å². The second kappa shape index (κ2) is 16.3. The standard InChI is InChI=1S/C37H46N2O7/c1-7-43-33(36(41)45-9-3)24-26-10-17-30(18-11-26)46-23-22-39-21-20-37(4,5)31-25-29(16-19-32(31)39)34(38-42-6)27-12-14-28(15-13-27)35(40)44-8-2/h10-19,25,33H,7-9,20-24H2,1-6H3/b38-34+/t33-/m0/s1. The Bertz CT molecular complexity index is 1480. The number of nitrogens with zero attached hydrogens (tertiary/aromatic N) is 2. The summed E-state index contributed by atoms with van der Waals surface area (Å²) in [4.78, 5) is 32.0. The summed E-state index contributed by atoms with van der Waals surface area (Å²) in [5.41, 5.74) is 6.31. The van der Waals surface area contributed by atoms with Crippen molar-refractivity contribution < 1.29 is 33.4 Å². The molecule has 0 saturated carbocycles. The summed E-state index contributed by atoms with van der Waals surface area (Å²) in [7, 11) is 1.53. The summed E-state index contributed by atoms with van der Waals surface area (Å²) in [6, 6.07) is 21.4. The Balaban J connectivity index is 1.44. The van der Waals surface area contributed by atoms with Gasteiger partial charge in [-0.3, -0.25) is 0 Å². The van der Waals surface area contributed by atoms with E-state index in [1.54, 1.807) is 26.0 Å². The molecule has 0 spiro atoms. The Morgan fingerprint density at radius 2 is 1.54 bits per heavy atom. The smallest absolute Gasteiger partial charge is 0.338 e. The lowest BCUT2D eigenvalue weighted by molar-refractivity contribution is -0.156. The lowest BCUT2D eigenvalue weighted by atomic mass is 9.76. The lowest BCUT2D eigenvalue weighted by Gasteiger charge is -2.40. The summed E-state index contributed by atoms with van der Waals surface area (Å²) in [6.45, 7) is 13.2. The normalized spacial score (nSPS) is 14.7. The first-order valence-corrected chi connectivity index (χ1v) is 16.0. The molecule has 1 aliphatic heterocycles. The Hall–Kier alpha value is -4.37. The molecule has 3 aromatic carbocycles. The molecule has 0 aliphatic carbocycles. The van der Waals surface area contributed by atoms with Crippen molar-refractivity contribution in [2.45, 2.75) is 59.0 Å². The molecule has 1 heterocycles. The number of carbonyl (C=O) groups excluding carboxylic acids is 2. The van der Waals surface area contributed by atoms with E-state index in [0.717, 1.165) is 42.0 Å². The third-order valence-electron chi connectivity index (χ3n) is 8.09. The molecule has 46 heavy (non-hydrogen) atoms. The molecule has 3 aromatic rings. The molecule has 0 aromatic heterocycles. The number of esters is 2. The highest BCUT2D eigenvalue weighted by atomic mass is 16.6. The maximum atomic E-state index is 12.2. The van der Waals surface area contributed by atoms with Gasteiger partial charge in [0.25, 0.3) is 0 Å². The minimum atomic E-state index is -0.616. The highest BCUT2D eigenvalue weighted by Crippen LogP contribution is 2.40. The van der Waals surface area contributed by atoms with E-state index in [2.05, 4.69) is 42.1 Å². The average Bonchev–Trinajstić information content (AvgIpc) is 3.05. The highest BCUT2D eigenvalue weighted by molar-refractivity contribution is 6.13. The molecule has 0 saturated heterocycles. The molecule has 1 aliphatic rings. The zero-order chi connectivity index (χ0) is 33.1. The Kier molecular flexibility index (Phi) is 12.2. The topological polar surface area (TPSA) is 95.9 Å². The number of hydrogen-bond donors (Lipinski definition) is 0. The van der Waals surface area contributed by atoms with E-state index in [1.165, 1.54) is 18.4 Å². The summed E-state index contributed by atoms with van der Waals surface area (Å²) in [6.07, 6.45) is 0.824. The second-order valence-corrected chi connectivity index (χ2v) is 11.7. The monoisotopic (exact) mass is 630 g/mol. The average molecular weight is 631 g/mol. The fraction of sp³-hybridized carbons (Fsp3) is 0.432. The largest absolute Gasteiger partial charge is 0.492 e. The third kappa shape index (κ3) is 8.66. The van der Waals surface area contributed by atoms with Crippen LogP contribution in [0.1, 0.15) is 73.7 Å². The Labute approximate surface area is 272 Å². The number of rotatable bonds is 15. The molecule has 246 valence electrons. The number of carbonyl (C=O) groups is 2. The number of anilines is 1. The zero-order valence-electron chi connectivity index (χ0n) is 27.8. The lowest BCUT2D eigenvalue weighted by Crippen LogP contribution is -2.39. The van der Waals surface area contributed by atoms with Crippen LogP contribution >= 0.6 is 0 Å². The van der Waals surface area contributed by atoms with Crippen molar-refractivity contribution in [2.24, 2.45) is 5.16 Å². The van der Waals surface area contributed by atoms with Gasteiger partial charge in [0, 0.05) is 36.4 Å². The van der Waals surface area contributed by atoms with Gasteiger partial charge >= 0.3 is 11.9 Å². The minimum absolute atomic E-state index is 0.0343. The van der Waals surface area contributed by atoms with E-state index in [9.17, 15) is 9.59 Å². The first kappa shape index (κ1) is 34.5. The van der Waals surface area contributed by atoms with Gasteiger partial charge in [0.1, 0.15) is 25.2 Å². The van der Waals surface area contributed by atoms with Crippen LogP contribution in [0.4, 0.5) is 5.69 Å². The predicted molar refractivity (Wildman–Crippen MR) is 179 cm³/mol. The first-order valence-electron chi connectivity index (χ1n) is 16.0. The van der Waals surface area contributed by atoms with Gasteiger partial charge < -0.3 is 28.7 Å². The van der Waals surface area contributed by atoms with Crippen LogP contribution in [0.25, 0.3) is 0 Å². The van der Waals surface area contributed by atoms with Gasteiger partial charge in [-0.25, -0.2) is 9.59 Å². The number of oxime groups is 1. The van der Waals surface area contributed by atoms with Crippen molar-refractivity contribution in [3.63, 3.8) is 0 Å². The molecule has 0 fully saturated rings. The van der Waals surface area contributed by atoms with Gasteiger partial charge in [0.05, 0.1) is 25.3 Å². The summed E-state index contributed by atoms with van der Waals surface area (Å²) in [5, 5.41) is 4.36. The van der Waals surface area contributed by atoms with Crippen LogP contribution in [0.2, 0.25) is 0 Å². The zero-order valence-corrected chi connectivity index (χ0v) is 27.8. The van der Waals surface area contributed by atoms with E-state index in [4.69, 9.17) is 23.8 Å².